The van der Waals surface area contributed by atoms with E-state index in [4.69, 9.17) is 14.5 Å². The predicted molar refractivity (Wildman–Crippen MR) is 185 cm³/mol. The highest BCUT2D eigenvalue weighted by atomic mass is 32.2. The van der Waals surface area contributed by atoms with Crippen molar-refractivity contribution in [2.24, 2.45) is 5.92 Å². The maximum absolute atomic E-state index is 15.1. The summed E-state index contributed by atoms with van der Waals surface area (Å²) in [7, 11) is -3.79. The first-order valence-corrected chi connectivity index (χ1v) is 17.8. The first-order chi connectivity index (χ1) is 22.7. The van der Waals surface area contributed by atoms with Crippen molar-refractivity contribution >= 4 is 38.5 Å². The summed E-state index contributed by atoms with van der Waals surface area (Å²) in [5, 5.41) is 4.25. The van der Waals surface area contributed by atoms with Crippen molar-refractivity contribution in [1.82, 2.24) is 19.9 Å². The SMILES string of the molecule is Cc1ccc2c(NS(=O)(=O)CCC(C)C)c(F)ccc2c1Oc1ncccc1-c1ccnc(NC2CCCN(C(=O)OC(C)(C)C)C2)n1. The summed E-state index contributed by atoms with van der Waals surface area (Å²) < 4.78 is 55.2. The molecule has 1 aliphatic heterocycles. The maximum Gasteiger partial charge on any atom is 0.410 e. The van der Waals surface area contributed by atoms with Crippen LogP contribution in [0.5, 0.6) is 11.6 Å². The Morgan fingerprint density at radius 3 is 2.60 bits per heavy atom. The summed E-state index contributed by atoms with van der Waals surface area (Å²) in [5.41, 5.74) is 1.19. The van der Waals surface area contributed by atoms with Crippen molar-refractivity contribution < 1.29 is 27.1 Å². The van der Waals surface area contributed by atoms with Crippen molar-refractivity contribution in [3.05, 3.63) is 66.2 Å². The molecule has 3 heterocycles. The van der Waals surface area contributed by atoms with Gasteiger partial charge in [-0.05, 0) is 88.8 Å². The number of halogens is 1. The highest BCUT2D eigenvalue weighted by molar-refractivity contribution is 7.92. The van der Waals surface area contributed by atoms with E-state index in [9.17, 15) is 13.2 Å². The smallest absolute Gasteiger partial charge is 0.410 e. The Labute approximate surface area is 281 Å². The number of likely N-dealkylation sites (tertiary alicyclic amines) is 1. The molecule has 1 amide bonds. The van der Waals surface area contributed by atoms with Crippen LogP contribution in [0.15, 0.2) is 54.9 Å². The number of fused-ring (bicyclic) bond motifs is 1. The molecule has 1 saturated heterocycles. The molecule has 1 atom stereocenters. The quantitative estimate of drug-likeness (QED) is 0.174. The second kappa shape index (κ2) is 14.3. The number of amides is 1. The van der Waals surface area contributed by atoms with E-state index in [2.05, 4.69) is 20.0 Å². The van der Waals surface area contributed by atoms with Gasteiger partial charge in [0.2, 0.25) is 21.9 Å². The van der Waals surface area contributed by atoms with Crippen LogP contribution in [0.4, 0.5) is 20.8 Å². The summed E-state index contributed by atoms with van der Waals surface area (Å²) in [5.74, 6) is 0.437. The zero-order valence-corrected chi connectivity index (χ0v) is 29.0. The van der Waals surface area contributed by atoms with E-state index in [0.29, 0.717) is 53.2 Å². The molecule has 11 nitrogen and oxygen atoms in total. The molecule has 1 aliphatic rings. The predicted octanol–water partition coefficient (Wildman–Crippen LogP) is 7.53. The van der Waals surface area contributed by atoms with Gasteiger partial charge in [-0.15, -0.1) is 0 Å². The fraction of sp³-hybridized carbons (Fsp3) is 0.429. The van der Waals surface area contributed by atoms with Gasteiger partial charge in [0.15, 0.2) is 0 Å². The molecule has 2 N–H and O–H groups in total. The average molecular weight is 679 g/mol. The van der Waals surface area contributed by atoms with Gasteiger partial charge in [0, 0.05) is 42.3 Å². The molecule has 2 aromatic heterocycles. The molecule has 13 heteroatoms. The number of pyridine rings is 1. The van der Waals surface area contributed by atoms with E-state index in [0.717, 1.165) is 18.4 Å². The Morgan fingerprint density at radius 2 is 1.85 bits per heavy atom. The number of anilines is 2. The van der Waals surface area contributed by atoms with Crippen LogP contribution in [0, 0.1) is 18.7 Å². The Morgan fingerprint density at radius 1 is 1.08 bits per heavy atom. The standard InChI is InChI=1S/C35H43FN6O5S/c1-22(2)16-20-48(44,45)41-30-25-12-11-23(3)31(26(25)13-14-28(30)36)46-32-27(10-7-17-37-32)29-15-18-38-33(40-29)39-24-9-8-19-42(21-24)34(43)47-35(4,5)6/h7,10-15,17-18,22,24,41H,8-9,16,19-21H2,1-6H3,(H,38,39,40). The molecule has 2 aromatic carbocycles. The van der Waals surface area contributed by atoms with Gasteiger partial charge in [0.25, 0.3) is 0 Å². The van der Waals surface area contributed by atoms with Crippen LogP contribution >= 0.6 is 0 Å². The Kier molecular flexibility index (Phi) is 10.4. The van der Waals surface area contributed by atoms with Crippen molar-refractivity contribution in [2.45, 2.75) is 72.4 Å². The minimum Gasteiger partial charge on any atom is -0.444 e. The molecule has 48 heavy (non-hydrogen) atoms. The van der Waals surface area contributed by atoms with Crippen molar-refractivity contribution in [3.8, 4) is 22.9 Å². The van der Waals surface area contributed by atoms with E-state index >= 15 is 4.39 Å². The van der Waals surface area contributed by atoms with Crippen molar-refractivity contribution in [3.63, 3.8) is 0 Å². The second-order valence-corrected chi connectivity index (χ2v) is 15.3. The number of aromatic nitrogens is 3. The fourth-order valence-corrected chi connectivity index (χ4v) is 6.81. The number of nitrogens with zero attached hydrogens (tertiary/aromatic N) is 4. The van der Waals surface area contributed by atoms with E-state index < -0.39 is 21.4 Å². The molecule has 256 valence electrons. The molecule has 5 rings (SSSR count). The monoisotopic (exact) mass is 678 g/mol. The number of ether oxygens (including phenoxy) is 2. The van der Waals surface area contributed by atoms with Gasteiger partial charge in [0.1, 0.15) is 17.2 Å². The zero-order chi connectivity index (χ0) is 34.6. The van der Waals surface area contributed by atoms with Gasteiger partial charge >= 0.3 is 6.09 Å². The lowest BCUT2D eigenvalue weighted by Crippen LogP contribution is -2.47. The topological polar surface area (TPSA) is 136 Å². The van der Waals surface area contributed by atoms with Crippen LogP contribution in [0.25, 0.3) is 22.0 Å². The fourth-order valence-electron chi connectivity index (χ4n) is 5.41. The van der Waals surface area contributed by atoms with Gasteiger partial charge in [0.05, 0.1) is 22.7 Å². The lowest BCUT2D eigenvalue weighted by Gasteiger charge is -2.34. The largest absolute Gasteiger partial charge is 0.444 e. The minimum atomic E-state index is -3.79. The molecule has 0 aliphatic carbocycles. The maximum atomic E-state index is 15.1. The normalized spacial score (nSPS) is 15.4. The van der Waals surface area contributed by atoms with Crippen molar-refractivity contribution in [1.29, 1.82) is 0 Å². The molecule has 1 unspecified atom stereocenters. The van der Waals surface area contributed by atoms with Gasteiger partial charge in [-0.1, -0.05) is 26.0 Å². The summed E-state index contributed by atoms with van der Waals surface area (Å²) in [6, 6.07) is 11.5. The van der Waals surface area contributed by atoms with Crippen LogP contribution < -0.4 is 14.8 Å². The Hall–Kier alpha value is -4.52. The summed E-state index contributed by atoms with van der Waals surface area (Å²) >= 11 is 0. The number of aryl methyl sites for hydroxylation is 1. The first-order valence-electron chi connectivity index (χ1n) is 16.1. The average Bonchev–Trinajstić information content (AvgIpc) is 3.02. The van der Waals surface area contributed by atoms with Crippen LogP contribution in [0.1, 0.15) is 59.4 Å². The van der Waals surface area contributed by atoms with E-state index in [1.54, 1.807) is 47.6 Å². The molecule has 1 fully saturated rings. The number of sulfonamides is 1. The number of rotatable bonds is 10. The molecular formula is C35H43FN6O5S. The second-order valence-electron chi connectivity index (χ2n) is 13.5. The molecule has 0 radical (unpaired) electrons. The van der Waals surface area contributed by atoms with E-state index in [-0.39, 0.29) is 35.4 Å². The highest BCUT2D eigenvalue weighted by Crippen LogP contribution is 2.39. The number of carbonyl (C=O) groups excluding carboxylic acids is 1. The lowest BCUT2D eigenvalue weighted by molar-refractivity contribution is 0.0206. The third-order valence-electron chi connectivity index (χ3n) is 7.83. The zero-order valence-electron chi connectivity index (χ0n) is 28.2. The van der Waals surface area contributed by atoms with Gasteiger partial charge in [-0.3, -0.25) is 4.72 Å². The van der Waals surface area contributed by atoms with Gasteiger partial charge in [-0.25, -0.2) is 32.6 Å². The molecule has 0 spiro atoms. The number of hydrogen-bond acceptors (Lipinski definition) is 9. The van der Waals surface area contributed by atoms with Crippen LogP contribution in [0.3, 0.4) is 0 Å². The summed E-state index contributed by atoms with van der Waals surface area (Å²) in [6.45, 7) is 12.3. The van der Waals surface area contributed by atoms with E-state index in [1.807, 2.05) is 47.6 Å². The molecule has 4 aromatic rings. The van der Waals surface area contributed by atoms with Crippen LogP contribution in [-0.2, 0) is 14.8 Å². The number of hydrogen-bond donors (Lipinski definition) is 2. The lowest BCUT2D eigenvalue weighted by atomic mass is 10.0. The molecular weight excluding hydrogens is 635 g/mol. The number of nitrogens with one attached hydrogen (secondary N) is 2. The first kappa shape index (κ1) is 34.8. The number of piperidine rings is 1. The minimum absolute atomic E-state index is 0.0677. The van der Waals surface area contributed by atoms with Gasteiger partial charge < -0.3 is 19.7 Å². The number of benzene rings is 2. The Bertz CT molecular complexity index is 1900. The highest BCUT2D eigenvalue weighted by Gasteiger charge is 2.28. The van der Waals surface area contributed by atoms with Crippen LogP contribution in [0.2, 0.25) is 0 Å². The summed E-state index contributed by atoms with van der Waals surface area (Å²) in [6.07, 6.45) is 4.99. The Balaban J connectivity index is 1.40. The third-order valence-corrected chi connectivity index (χ3v) is 9.11. The summed E-state index contributed by atoms with van der Waals surface area (Å²) in [4.78, 5) is 28.0. The molecule has 0 saturated carbocycles. The third kappa shape index (κ3) is 8.68. The number of carbonyl (C=O) groups is 1. The van der Waals surface area contributed by atoms with Crippen LogP contribution in [-0.4, -0.2) is 64.8 Å². The molecule has 0 bridgehead atoms. The van der Waals surface area contributed by atoms with E-state index in [1.165, 1.54) is 6.07 Å². The van der Waals surface area contributed by atoms with Crippen molar-refractivity contribution in [2.75, 3.05) is 28.9 Å². The van der Waals surface area contributed by atoms with Gasteiger partial charge in [-0.2, -0.15) is 0 Å².